The summed E-state index contributed by atoms with van der Waals surface area (Å²) in [5.74, 6) is -0.688. The molecular formula is C10H18N2O4S. The average Bonchev–Trinajstić information content (AvgIpc) is 2.17. The Balaban J connectivity index is 2.71. The van der Waals surface area contributed by atoms with Gasteiger partial charge in [0, 0.05) is 25.8 Å². The van der Waals surface area contributed by atoms with E-state index in [4.69, 9.17) is 0 Å². The smallest absolute Gasteiger partial charge is 0.245 e. The van der Waals surface area contributed by atoms with E-state index < -0.39 is 15.4 Å². The summed E-state index contributed by atoms with van der Waals surface area (Å²) < 4.78 is 22.0. The molecule has 2 amide bonds. The molecule has 1 rings (SSSR count). The first-order valence-corrected chi connectivity index (χ1v) is 7.47. The van der Waals surface area contributed by atoms with Crippen molar-refractivity contribution >= 4 is 21.7 Å². The van der Waals surface area contributed by atoms with Gasteiger partial charge in [0.15, 0.2) is 0 Å². The van der Waals surface area contributed by atoms with Crippen molar-refractivity contribution in [3.05, 3.63) is 0 Å². The SMILES string of the molecule is CC1(C)C(=O)NCCN1C(=O)CCS(C)(=O)=O. The minimum atomic E-state index is -3.16. The Hall–Kier alpha value is -1.11. The van der Waals surface area contributed by atoms with Crippen molar-refractivity contribution in [3.63, 3.8) is 0 Å². The lowest BCUT2D eigenvalue weighted by molar-refractivity contribution is -0.148. The predicted octanol–water partition coefficient (Wildman–Crippen LogP) is -0.842. The van der Waals surface area contributed by atoms with Crippen LogP contribution in [0.25, 0.3) is 0 Å². The average molecular weight is 262 g/mol. The summed E-state index contributed by atoms with van der Waals surface area (Å²) >= 11 is 0. The fourth-order valence-electron chi connectivity index (χ4n) is 1.74. The number of piperazine rings is 1. The molecule has 1 fully saturated rings. The molecule has 7 heteroatoms. The summed E-state index contributed by atoms with van der Waals surface area (Å²) in [5.41, 5.74) is -0.910. The molecule has 1 N–H and O–H groups in total. The molecule has 0 atom stereocenters. The summed E-state index contributed by atoms with van der Waals surface area (Å²) in [4.78, 5) is 24.9. The zero-order valence-corrected chi connectivity index (χ0v) is 11.1. The third-order valence-corrected chi connectivity index (χ3v) is 3.78. The van der Waals surface area contributed by atoms with Crippen LogP contribution in [0.3, 0.4) is 0 Å². The Morgan fingerprint density at radius 3 is 2.59 bits per heavy atom. The number of nitrogens with zero attached hydrogens (tertiary/aromatic N) is 1. The fraction of sp³-hybridized carbons (Fsp3) is 0.800. The number of carbonyl (C=O) groups is 2. The third kappa shape index (κ3) is 3.42. The lowest BCUT2D eigenvalue weighted by Crippen LogP contribution is -2.63. The molecule has 1 saturated heterocycles. The van der Waals surface area contributed by atoms with Crippen LogP contribution in [-0.2, 0) is 19.4 Å². The second kappa shape index (κ2) is 4.64. The van der Waals surface area contributed by atoms with E-state index in [1.54, 1.807) is 13.8 Å². The highest BCUT2D eigenvalue weighted by atomic mass is 32.2. The van der Waals surface area contributed by atoms with Gasteiger partial charge in [-0.25, -0.2) is 8.42 Å². The quantitative estimate of drug-likeness (QED) is 0.718. The van der Waals surface area contributed by atoms with E-state index in [2.05, 4.69) is 5.32 Å². The Morgan fingerprint density at radius 2 is 2.06 bits per heavy atom. The van der Waals surface area contributed by atoms with Gasteiger partial charge in [0.25, 0.3) is 0 Å². The van der Waals surface area contributed by atoms with Crippen LogP contribution in [0.1, 0.15) is 20.3 Å². The number of sulfone groups is 1. The van der Waals surface area contributed by atoms with E-state index in [0.717, 1.165) is 6.26 Å². The predicted molar refractivity (Wildman–Crippen MR) is 63.1 cm³/mol. The zero-order chi connectivity index (χ0) is 13.3. The largest absolute Gasteiger partial charge is 0.352 e. The summed E-state index contributed by atoms with van der Waals surface area (Å²) in [6.45, 7) is 4.13. The number of amides is 2. The van der Waals surface area contributed by atoms with E-state index in [-0.39, 0.29) is 24.0 Å². The topological polar surface area (TPSA) is 83.6 Å². The number of rotatable bonds is 3. The first-order chi connectivity index (χ1) is 7.64. The molecule has 98 valence electrons. The number of carbonyl (C=O) groups excluding carboxylic acids is 2. The van der Waals surface area contributed by atoms with E-state index in [0.29, 0.717) is 13.1 Å². The van der Waals surface area contributed by atoms with Crippen LogP contribution in [0.5, 0.6) is 0 Å². The minimum absolute atomic E-state index is 0.0739. The van der Waals surface area contributed by atoms with Gasteiger partial charge in [0.05, 0.1) is 5.75 Å². The second-order valence-corrected chi connectivity index (χ2v) is 7.00. The van der Waals surface area contributed by atoms with Gasteiger partial charge in [-0.1, -0.05) is 0 Å². The van der Waals surface area contributed by atoms with Crippen molar-refractivity contribution in [2.75, 3.05) is 25.1 Å². The molecule has 6 nitrogen and oxygen atoms in total. The maximum absolute atomic E-state index is 11.9. The van der Waals surface area contributed by atoms with E-state index in [1.807, 2.05) is 0 Å². The number of hydrogen-bond donors (Lipinski definition) is 1. The Bertz CT molecular complexity index is 428. The molecule has 1 heterocycles. The highest BCUT2D eigenvalue weighted by Crippen LogP contribution is 2.18. The van der Waals surface area contributed by atoms with Gasteiger partial charge in [-0.05, 0) is 13.8 Å². The van der Waals surface area contributed by atoms with Gasteiger partial charge in [-0.2, -0.15) is 0 Å². The van der Waals surface area contributed by atoms with Crippen LogP contribution >= 0.6 is 0 Å². The third-order valence-electron chi connectivity index (χ3n) is 2.84. The van der Waals surface area contributed by atoms with Crippen molar-refractivity contribution in [3.8, 4) is 0 Å². The van der Waals surface area contributed by atoms with Gasteiger partial charge in [0.2, 0.25) is 11.8 Å². The van der Waals surface area contributed by atoms with Crippen molar-refractivity contribution in [2.45, 2.75) is 25.8 Å². The monoisotopic (exact) mass is 262 g/mol. The first kappa shape index (κ1) is 14.0. The number of nitrogens with one attached hydrogen (secondary N) is 1. The number of hydrogen-bond acceptors (Lipinski definition) is 4. The summed E-state index contributed by atoms with van der Waals surface area (Å²) in [7, 11) is -3.16. The van der Waals surface area contributed by atoms with Crippen molar-refractivity contribution < 1.29 is 18.0 Å². The van der Waals surface area contributed by atoms with Gasteiger partial charge in [0.1, 0.15) is 15.4 Å². The maximum atomic E-state index is 11.9. The molecule has 0 aliphatic carbocycles. The molecule has 0 bridgehead atoms. The summed E-state index contributed by atoms with van der Waals surface area (Å²) in [5, 5.41) is 2.68. The minimum Gasteiger partial charge on any atom is -0.352 e. The maximum Gasteiger partial charge on any atom is 0.245 e. The highest BCUT2D eigenvalue weighted by molar-refractivity contribution is 7.90. The molecule has 0 radical (unpaired) electrons. The van der Waals surface area contributed by atoms with Crippen LogP contribution in [0.4, 0.5) is 0 Å². The highest BCUT2D eigenvalue weighted by Gasteiger charge is 2.40. The molecule has 0 aromatic heterocycles. The van der Waals surface area contributed by atoms with Crippen LogP contribution in [0.15, 0.2) is 0 Å². The van der Waals surface area contributed by atoms with Gasteiger partial charge in [-0.15, -0.1) is 0 Å². The Morgan fingerprint density at radius 1 is 1.47 bits per heavy atom. The molecule has 0 aromatic carbocycles. The van der Waals surface area contributed by atoms with Gasteiger partial charge < -0.3 is 10.2 Å². The normalized spacial score (nSPS) is 19.9. The summed E-state index contributed by atoms with van der Waals surface area (Å²) in [6, 6.07) is 0. The molecule has 0 spiro atoms. The molecule has 1 aliphatic heterocycles. The van der Waals surface area contributed by atoms with E-state index in [1.165, 1.54) is 4.90 Å². The lowest BCUT2D eigenvalue weighted by Gasteiger charge is -2.41. The fourth-order valence-corrected chi connectivity index (χ4v) is 2.29. The first-order valence-electron chi connectivity index (χ1n) is 5.41. The van der Waals surface area contributed by atoms with E-state index in [9.17, 15) is 18.0 Å². The van der Waals surface area contributed by atoms with Crippen molar-refractivity contribution in [1.29, 1.82) is 0 Å². The van der Waals surface area contributed by atoms with Crippen LogP contribution in [0, 0.1) is 0 Å². The van der Waals surface area contributed by atoms with Gasteiger partial charge >= 0.3 is 0 Å². The summed E-state index contributed by atoms with van der Waals surface area (Å²) in [6.07, 6.45) is 1.02. The second-order valence-electron chi connectivity index (χ2n) is 4.74. The molecule has 0 unspecified atom stereocenters. The lowest BCUT2D eigenvalue weighted by atomic mass is 9.98. The molecule has 1 aliphatic rings. The van der Waals surface area contributed by atoms with E-state index >= 15 is 0 Å². The Kier molecular flexibility index (Phi) is 3.81. The van der Waals surface area contributed by atoms with Crippen LogP contribution in [0.2, 0.25) is 0 Å². The molecule has 0 aromatic rings. The van der Waals surface area contributed by atoms with Crippen molar-refractivity contribution in [2.24, 2.45) is 0 Å². The van der Waals surface area contributed by atoms with Crippen LogP contribution < -0.4 is 5.32 Å². The molecule has 17 heavy (non-hydrogen) atoms. The molecular weight excluding hydrogens is 244 g/mol. The van der Waals surface area contributed by atoms with Gasteiger partial charge in [-0.3, -0.25) is 9.59 Å². The van der Waals surface area contributed by atoms with Crippen molar-refractivity contribution in [1.82, 2.24) is 10.2 Å². The molecule has 0 saturated carbocycles. The standard InChI is InChI=1S/C10H18N2O4S/c1-10(2)9(14)11-5-6-12(10)8(13)4-7-17(3,15)16/h4-7H2,1-3H3,(H,11,14). The Labute approximate surface area is 101 Å². The van der Waals surface area contributed by atoms with Crippen LogP contribution in [-0.4, -0.2) is 55.8 Å². The zero-order valence-electron chi connectivity index (χ0n) is 10.3.